The van der Waals surface area contributed by atoms with E-state index in [4.69, 9.17) is 4.74 Å². The van der Waals surface area contributed by atoms with E-state index in [9.17, 15) is 14.0 Å². The molecule has 1 aromatic heterocycles. The Bertz CT molecular complexity index is 606. The Hall–Kier alpha value is -2.25. The normalized spacial score (nSPS) is 15.6. The highest BCUT2D eigenvalue weighted by Gasteiger charge is 2.22. The Morgan fingerprint density at radius 3 is 2.81 bits per heavy atom. The lowest BCUT2D eigenvalue weighted by Gasteiger charge is -2.12. The number of aliphatic imine (C=N–C) groups is 1. The lowest BCUT2D eigenvalue weighted by atomic mass is 10.3. The van der Waals surface area contributed by atoms with Gasteiger partial charge in [0.2, 0.25) is 0 Å². The van der Waals surface area contributed by atoms with Crippen molar-refractivity contribution in [3.63, 3.8) is 0 Å². The van der Waals surface area contributed by atoms with Gasteiger partial charge in [-0.25, -0.2) is 19.0 Å². The van der Waals surface area contributed by atoms with Gasteiger partial charge in [-0.05, 0) is 25.7 Å². The summed E-state index contributed by atoms with van der Waals surface area (Å²) < 4.78 is 19.5. The quantitative estimate of drug-likeness (QED) is 0.624. The van der Waals surface area contributed by atoms with Gasteiger partial charge in [0, 0.05) is 14.1 Å². The van der Waals surface area contributed by atoms with Gasteiger partial charge in [-0.1, -0.05) is 0 Å². The third-order valence-corrected chi connectivity index (χ3v) is 3.04. The topological polar surface area (TPSA) is 76.8 Å². The summed E-state index contributed by atoms with van der Waals surface area (Å²) in [6.45, 7) is 0. The molecule has 1 aromatic rings. The van der Waals surface area contributed by atoms with E-state index in [0.717, 1.165) is 31.9 Å². The fraction of sp³-hybridized carbons (Fsp3) is 0.538. The molecule has 0 atom stereocenters. The van der Waals surface area contributed by atoms with Gasteiger partial charge in [0.15, 0.2) is 11.6 Å². The van der Waals surface area contributed by atoms with Crippen LogP contribution in [0.3, 0.4) is 0 Å². The highest BCUT2D eigenvalue weighted by atomic mass is 19.1. The molecular weight excluding hydrogens is 279 g/mol. The van der Waals surface area contributed by atoms with E-state index in [1.807, 2.05) is 0 Å². The third kappa shape index (κ3) is 3.87. The maximum absolute atomic E-state index is 13.8. The lowest BCUT2D eigenvalue weighted by molar-refractivity contribution is 0.101. The van der Waals surface area contributed by atoms with Crippen LogP contribution in [0.1, 0.15) is 25.7 Å². The minimum atomic E-state index is -0.912. The van der Waals surface area contributed by atoms with Crippen LogP contribution in [0.25, 0.3) is 0 Å². The van der Waals surface area contributed by atoms with Crippen molar-refractivity contribution in [2.75, 3.05) is 14.1 Å². The maximum Gasteiger partial charge on any atom is 0.422 e. The fourth-order valence-corrected chi connectivity index (χ4v) is 2.02. The number of carbonyl (C=O) groups excluding carboxylic acids is 1. The Balaban J connectivity index is 2.19. The second-order valence-corrected chi connectivity index (χ2v) is 5.06. The molecular formula is C13H17FN4O3. The molecule has 7 nitrogen and oxygen atoms in total. The van der Waals surface area contributed by atoms with Crippen molar-refractivity contribution in [3.05, 3.63) is 22.5 Å². The number of carbonyl (C=O) groups is 1. The van der Waals surface area contributed by atoms with Crippen molar-refractivity contribution >= 4 is 18.2 Å². The fourth-order valence-electron chi connectivity index (χ4n) is 2.02. The second kappa shape index (κ2) is 6.47. The Morgan fingerprint density at radius 1 is 1.52 bits per heavy atom. The minimum Gasteiger partial charge on any atom is -0.446 e. The van der Waals surface area contributed by atoms with Gasteiger partial charge in [0.25, 0.3) is 0 Å². The highest BCUT2D eigenvalue weighted by Crippen LogP contribution is 2.21. The predicted octanol–water partition coefficient (Wildman–Crippen LogP) is 1.53. The molecule has 0 saturated heterocycles. The molecule has 0 unspecified atom stereocenters. The van der Waals surface area contributed by atoms with E-state index in [2.05, 4.69) is 9.98 Å². The predicted molar refractivity (Wildman–Crippen MR) is 74.4 cm³/mol. The van der Waals surface area contributed by atoms with Crippen molar-refractivity contribution in [3.8, 4) is 0 Å². The van der Waals surface area contributed by atoms with E-state index in [1.54, 1.807) is 19.0 Å². The molecule has 0 aromatic carbocycles. The molecule has 0 amide bonds. The Labute approximate surface area is 121 Å². The smallest absolute Gasteiger partial charge is 0.422 e. The SMILES string of the molecule is CN(C)C=Nc1nc(=O)n(C(=O)OC2CCCC2)cc1F. The maximum atomic E-state index is 13.8. The molecule has 0 aliphatic heterocycles. The standard InChI is InChI=1S/C13H17FN4O3/c1-17(2)8-15-11-10(14)7-18(12(19)16-11)13(20)21-9-5-3-4-6-9/h7-9H,3-6H2,1-2H3. The molecule has 1 aliphatic carbocycles. The number of halogens is 1. The second-order valence-electron chi connectivity index (χ2n) is 5.06. The summed E-state index contributed by atoms with van der Waals surface area (Å²) in [5.74, 6) is -1.23. The molecule has 1 saturated carbocycles. The van der Waals surface area contributed by atoms with Gasteiger partial charge in [-0.2, -0.15) is 9.55 Å². The summed E-state index contributed by atoms with van der Waals surface area (Å²) in [5.41, 5.74) is -0.912. The third-order valence-electron chi connectivity index (χ3n) is 3.04. The number of hydrogen-bond acceptors (Lipinski definition) is 5. The van der Waals surface area contributed by atoms with Crippen LogP contribution in [0.2, 0.25) is 0 Å². The first-order chi connectivity index (χ1) is 9.97. The molecule has 0 bridgehead atoms. The van der Waals surface area contributed by atoms with Crippen molar-refractivity contribution in [2.45, 2.75) is 31.8 Å². The van der Waals surface area contributed by atoms with E-state index in [-0.39, 0.29) is 11.9 Å². The van der Waals surface area contributed by atoms with Gasteiger partial charge >= 0.3 is 11.8 Å². The number of ether oxygens (including phenoxy) is 1. The van der Waals surface area contributed by atoms with Gasteiger partial charge in [0.1, 0.15) is 6.10 Å². The average Bonchev–Trinajstić information content (AvgIpc) is 2.91. The summed E-state index contributed by atoms with van der Waals surface area (Å²) in [6, 6.07) is 0. The van der Waals surface area contributed by atoms with Crippen LogP contribution in [0, 0.1) is 5.82 Å². The zero-order valence-electron chi connectivity index (χ0n) is 12.0. The molecule has 1 aliphatic rings. The van der Waals surface area contributed by atoms with E-state index >= 15 is 0 Å². The number of nitrogens with zero attached hydrogens (tertiary/aromatic N) is 4. The van der Waals surface area contributed by atoms with Crippen LogP contribution in [-0.2, 0) is 4.74 Å². The summed E-state index contributed by atoms with van der Waals surface area (Å²) >= 11 is 0. The Morgan fingerprint density at radius 2 is 2.19 bits per heavy atom. The summed E-state index contributed by atoms with van der Waals surface area (Å²) in [5, 5.41) is 0. The molecule has 21 heavy (non-hydrogen) atoms. The largest absolute Gasteiger partial charge is 0.446 e. The van der Waals surface area contributed by atoms with Crippen molar-refractivity contribution in [1.29, 1.82) is 0 Å². The van der Waals surface area contributed by atoms with Crippen LogP contribution < -0.4 is 5.69 Å². The number of hydrogen-bond donors (Lipinski definition) is 0. The molecule has 8 heteroatoms. The van der Waals surface area contributed by atoms with Gasteiger partial charge in [0.05, 0.1) is 12.5 Å². The average molecular weight is 296 g/mol. The summed E-state index contributed by atoms with van der Waals surface area (Å²) in [7, 11) is 3.39. The summed E-state index contributed by atoms with van der Waals surface area (Å²) in [4.78, 5) is 32.3. The zero-order chi connectivity index (χ0) is 15.4. The number of aromatic nitrogens is 2. The summed E-state index contributed by atoms with van der Waals surface area (Å²) in [6.07, 6.45) is 4.46. The lowest BCUT2D eigenvalue weighted by Crippen LogP contribution is -2.32. The van der Waals surface area contributed by atoms with Crippen LogP contribution >= 0.6 is 0 Å². The van der Waals surface area contributed by atoms with Crippen LogP contribution in [-0.4, -0.2) is 47.1 Å². The Kier molecular flexibility index (Phi) is 4.66. The van der Waals surface area contributed by atoms with Gasteiger partial charge in [-0.3, -0.25) is 0 Å². The van der Waals surface area contributed by atoms with E-state index < -0.39 is 17.6 Å². The first-order valence-corrected chi connectivity index (χ1v) is 6.68. The van der Waals surface area contributed by atoms with Crippen LogP contribution in [0.5, 0.6) is 0 Å². The highest BCUT2D eigenvalue weighted by molar-refractivity contribution is 5.70. The minimum absolute atomic E-state index is 0.209. The van der Waals surface area contributed by atoms with Crippen molar-refractivity contribution < 1.29 is 13.9 Å². The van der Waals surface area contributed by atoms with Gasteiger partial charge in [-0.15, -0.1) is 0 Å². The first-order valence-electron chi connectivity index (χ1n) is 6.68. The van der Waals surface area contributed by atoms with Crippen LogP contribution in [0.15, 0.2) is 16.0 Å². The molecule has 1 fully saturated rings. The van der Waals surface area contributed by atoms with Crippen LogP contribution in [0.4, 0.5) is 15.0 Å². The molecule has 0 N–H and O–H groups in total. The van der Waals surface area contributed by atoms with Gasteiger partial charge < -0.3 is 9.64 Å². The molecule has 2 rings (SSSR count). The van der Waals surface area contributed by atoms with Crippen molar-refractivity contribution in [2.24, 2.45) is 4.99 Å². The zero-order valence-corrected chi connectivity index (χ0v) is 12.0. The number of rotatable bonds is 3. The first kappa shape index (κ1) is 15.1. The molecule has 0 radical (unpaired) electrons. The molecule has 0 spiro atoms. The monoisotopic (exact) mass is 296 g/mol. The molecule has 114 valence electrons. The van der Waals surface area contributed by atoms with Crippen molar-refractivity contribution in [1.82, 2.24) is 14.5 Å². The van der Waals surface area contributed by atoms with E-state index in [0.29, 0.717) is 4.57 Å². The molecule has 1 heterocycles. The van der Waals surface area contributed by atoms with E-state index in [1.165, 1.54) is 6.34 Å².